The lowest BCUT2D eigenvalue weighted by Gasteiger charge is -2.35. The zero-order valence-corrected chi connectivity index (χ0v) is 17.9. The smallest absolute Gasteiger partial charge is 0.254 e. The van der Waals surface area contributed by atoms with Crippen molar-refractivity contribution < 1.29 is 14.3 Å². The molecule has 7 nitrogen and oxygen atoms in total. The maximum atomic E-state index is 13.0. The highest BCUT2D eigenvalue weighted by Gasteiger charge is 2.24. The summed E-state index contributed by atoms with van der Waals surface area (Å²) in [5.74, 6) is 3.32. The predicted molar refractivity (Wildman–Crippen MR) is 113 cm³/mol. The molecule has 3 rings (SSSR count). The van der Waals surface area contributed by atoms with Crippen molar-refractivity contribution in [3.63, 3.8) is 0 Å². The second-order valence-corrected chi connectivity index (χ2v) is 7.46. The topological polar surface area (TPSA) is 67.8 Å². The first-order valence-corrected chi connectivity index (χ1v) is 10.1. The van der Waals surface area contributed by atoms with Gasteiger partial charge < -0.3 is 19.3 Å². The van der Waals surface area contributed by atoms with Gasteiger partial charge in [0.05, 0.1) is 13.7 Å². The van der Waals surface area contributed by atoms with Crippen molar-refractivity contribution >= 4 is 11.7 Å². The Balaban J connectivity index is 1.69. The highest BCUT2D eigenvalue weighted by atomic mass is 16.5. The average molecular weight is 399 g/mol. The Morgan fingerprint density at radius 1 is 1.10 bits per heavy atom. The largest absolute Gasteiger partial charge is 0.493 e. The van der Waals surface area contributed by atoms with Gasteiger partial charge in [0.25, 0.3) is 5.91 Å². The minimum absolute atomic E-state index is 0.00925. The molecule has 1 fully saturated rings. The highest BCUT2D eigenvalue weighted by Crippen LogP contribution is 2.29. The summed E-state index contributed by atoms with van der Waals surface area (Å²) < 4.78 is 10.9. The first kappa shape index (κ1) is 20.9. The number of carbonyl (C=O) groups is 1. The number of hydrogen-bond acceptors (Lipinski definition) is 6. The number of rotatable bonds is 6. The third-order valence-electron chi connectivity index (χ3n) is 4.98. The van der Waals surface area contributed by atoms with E-state index in [0.29, 0.717) is 36.8 Å². The van der Waals surface area contributed by atoms with Crippen molar-refractivity contribution in [1.29, 1.82) is 0 Å². The molecule has 156 valence electrons. The van der Waals surface area contributed by atoms with Gasteiger partial charge in [0.1, 0.15) is 11.6 Å². The Morgan fingerprint density at radius 2 is 1.83 bits per heavy atom. The fourth-order valence-corrected chi connectivity index (χ4v) is 3.39. The third kappa shape index (κ3) is 4.78. The second-order valence-electron chi connectivity index (χ2n) is 7.46. The minimum Gasteiger partial charge on any atom is -0.493 e. The van der Waals surface area contributed by atoms with Crippen molar-refractivity contribution in [3.05, 3.63) is 41.3 Å². The lowest BCUT2D eigenvalue weighted by atomic mass is 10.1. The van der Waals surface area contributed by atoms with Crippen LogP contribution in [-0.4, -0.2) is 60.7 Å². The summed E-state index contributed by atoms with van der Waals surface area (Å²) >= 11 is 0. The van der Waals surface area contributed by atoms with Crippen LogP contribution in [0.5, 0.6) is 11.5 Å². The Kier molecular flexibility index (Phi) is 6.56. The normalized spacial score (nSPS) is 14.3. The summed E-state index contributed by atoms with van der Waals surface area (Å²) in [6.45, 7) is 11.4. The van der Waals surface area contributed by atoms with Crippen LogP contribution in [0.25, 0.3) is 0 Å². The molecule has 0 radical (unpaired) electrons. The molecule has 0 saturated carbocycles. The monoisotopic (exact) mass is 398 g/mol. The number of methoxy groups -OCH3 is 1. The van der Waals surface area contributed by atoms with E-state index in [2.05, 4.69) is 23.7 Å². The molecule has 1 saturated heterocycles. The summed E-state index contributed by atoms with van der Waals surface area (Å²) in [7, 11) is 1.60. The number of nitrogens with zero attached hydrogens (tertiary/aromatic N) is 4. The number of ether oxygens (including phenoxy) is 2. The van der Waals surface area contributed by atoms with Crippen molar-refractivity contribution in [2.45, 2.75) is 33.6 Å². The van der Waals surface area contributed by atoms with Gasteiger partial charge in [0.15, 0.2) is 11.5 Å². The molecule has 29 heavy (non-hydrogen) atoms. The summed E-state index contributed by atoms with van der Waals surface area (Å²) in [4.78, 5) is 26.3. The van der Waals surface area contributed by atoms with Crippen LogP contribution in [0.4, 0.5) is 5.82 Å². The molecule has 2 heterocycles. The van der Waals surface area contributed by atoms with E-state index in [0.717, 1.165) is 30.4 Å². The van der Waals surface area contributed by atoms with Gasteiger partial charge in [0.2, 0.25) is 0 Å². The van der Waals surface area contributed by atoms with E-state index in [1.807, 2.05) is 24.8 Å². The third-order valence-corrected chi connectivity index (χ3v) is 4.98. The van der Waals surface area contributed by atoms with Crippen LogP contribution in [0, 0.1) is 6.92 Å². The maximum Gasteiger partial charge on any atom is 0.254 e. The minimum atomic E-state index is 0.00925. The lowest BCUT2D eigenvalue weighted by molar-refractivity contribution is 0.0746. The molecule has 0 spiro atoms. The number of benzene rings is 1. The Morgan fingerprint density at radius 3 is 2.45 bits per heavy atom. The summed E-state index contributed by atoms with van der Waals surface area (Å²) in [5, 5.41) is 0. The Bertz CT molecular complexity index is 861. The van der Waals surface area contributed by atoms with Gasteiger partial charge in [0, 0.05) is 49.4 Å². The molecule has 1 amide bonds. The van der Waals surface area contributed by atoms with E-state index in [1.165, 1.54) is 0 Å². The molecule has 0 N–H and O–H groups in total. The molecule has 1 aliphatic heterocycles. The van der Waals surface area contributed by atoms with E-state index in [1.54, 1.807) is 25.3 Å². The second kappa shape index (κ2) is 9.11. The van der Waals surface area contributed by atoms with E-state index < -0.39 is 0 Å². The van der Waals surface area contributed by atoms with Gasteiger partial charge in [-0.1, -0.05) is 13.8 Å². The van der Waals surface area contributed by atoms with E-state index in [4.69, 9.17) is 14.5 Å². The number of hydrogen-bond donors (Lipinski definition) is 0. The lowest BCUT2D eigenvalue weighted by Crippen LogP contribution is -2.49. The Labute approximate surface area is 172 Å². The van der Waals surface area contributed by atoms with Crippen molar-refractivity contribution in [2.75, 3.05) is 44.8 Å². The van der Waals surface area contributed by atoms with Gasteiger partial charge in [-0.15, -0.1) is 0 Å². The summed E-state index contributed by atoms with van der Waals surface area (Å²) in [5.41, 5.74) is 1.58. The summed E-state index contributed by atoms with van der Waals surface area (Å²) in [6.07, 6.45) is 0. The number of aromatic nitrogens is 2. The van der Waals surface area contributed by atoms with Crippen LogP contribution < -0.4 is 14.4 Å². The van der Waals surface area contributed by atoms with Crippen LogP contribution in [-0.2, 0) is 0 Å². The fourth-order valence-electron chi connectivity index (χ4n) is 3.39. The number of aryl methyl sites for hydroxylation is 1. The predicted octanol–water partition coefficient (Wildman–Crippen LogP) is 3.28. The Hall–Kier alpha value is -2.83. The first-order chi connectivity index (χ1) is 13.9. The van der Waals surface area contributed by atoms with Crippen molar-refractivity contribution in [3.8, 4) is 11.5 Å². The van der Waals surface area contributed by atoms with Gasteiger partial charge in [-0.05, 0) is 32.0 Å². The fraction of sp³-hybridized carbons (Fsp3) is 0.500. The molecule has 0 atom stereocenters. The van der Waals surface area contributed by atoms with Crippen LogP contribution in [0.15, 0.2) is 24.3 Å². The van der Waals surface area contributed by atoms with E-state index in [-0.39, 0.29) is 11.8 Å². The quantitative estimate of drug-likeness (QED) is 0.744. The number of anilines is 1. The van der Waals surface area contributed by atoms with Crippen molar-refractivity contribution in [1.82, 2.24) is 14.9 Å². The number of carbonyl (C=O) groups excluding carboxylic acids is 1. The molecule has 2 aromatic rings. The molecule has 1 aromatic heterocycles. The maximum absolute atomic E-state index is 13.0. The molecule has 1 aliphatic rings. The standard InChI is InChI=1S/C22H30N4O3/c1-6-29-19-14-17(7-8-18(19)28-5)22(27)26-11-9-25(10-12-26)20-13-16(4)23-21(24-20)15(2)3/h7-8,13-15H,6,9-12H2,1-5H3. The summed E-state index contributed by atoms with van der Waals surface area (Å²) in [6, 6.07) is 7.35. The number of amides is 1. The SMILES string of the molecule is CCOc1cc(C(=O)N2CCN(c3cc(C)nc(C(C)C)n3)CC2)ccc1OC. The first-order valence-electron chi connectivity index (χ1n) is 10.1. The number of piperazine rings is 1. The average Bonchev–Trinajstić information content (AvgIpc) is 2.73. The van der Waals surface area contributed by atoms with Gasteiger partial charge in [-0.25, -0.2) is 9.97 Å². The van der Waals surface area contributed by atoms with Gasteiger partial charge in [-0.2, -0.15) is 0 Å². The van der Waals surface area contributed by atoms with Gasteiger partial charge in [-0.3, -0.25) is 4.79 Å². The van der Waals surface area contributed by atoms with Crippen LogP contribution in [0.1, 0.15) is 48.6 Å². The molecule has 1 aromatic carbocycles. The van der Waals surface area contributed by atoms with E-state index >= 15 is 0 Å². The molecule has 0 unspecified atom stereocenters. The molecule has 7 heteroatoms. The molecular formula is C22H30N4O3. The van der Waals surface area contributed by atoms with Crippen molar-refractivity contribution in [2.24, 2.45) is 0 Å². The van der Waals surface area contributed by atoms with E-state index in [9.17, 15) is 4.79 Å². The molecular weight excluding hydrogens is 368 g/mol. The molecule has 0 aliphatic carbocycles. The zero-order valence-electron chi connectivity index (χ0n) is 17.9. The van der Waals surface area contributed by atoms with Gasteiger partial charge >= 0.3 is 0 Å². The zero-order chi connectivity index (χ0) is 21.0. The van der Waals surface area contributed by atoms with Crippen LogP contribution in [0.3, 0.4) is 0 Å². The van der Waals surface area contributed by atoms with Crippen LogP contribution >= 0.6 is 0 Å². The highest BCUT2D eigenvalue weighted by molar-refractivity contribution is 5.95. The van der Waals surface area contributed by atoms with Crippen LogP contribution in [0.2, 0.25) is 0 Å². The molecule has 0 bridgehead atoms.